The van der Waals surface area contributed by atoms with Crippen LogP contribution in [0.15, 0.2) is 54.9 Å². The monoisotopic (exact) mass is 346 g/mol. The number of benzene rings is 2. The van der Waals surface area contributed by atoms with Crippen molar-refractivity contribution in [2.75, 3.05) is 5.32 Å². The molecule has 5 heteroatoms. The second-order valence-electron chi connectivity index (χ2n) is 6.35. The lowest BCUT2D eigenvalue weighted by molar-refractivity contribution is 0.0946. The van der Waals surface area contributed by atoms with Gasteiger partial charge < -0.3 is 10.6 Å². The van der Waals surface area contributed by atoms with Gasteiger partial charge in [-0.25, -0.2) is 9.97 Å². The fourth-order valence-corrected chi connectivity index (χ4v) is 2.78. The highest BCUT2D eigenvalue weighted by Crippen LogP contribution is 2.23. The zero-order valence-electron chi connectivity index (χ0n) is 15.2. The molecule has 3 aromatic rings. The Morgan fingerprint density at radius 2 is 1.69 bits per heavy atom. The van der Waals surface area contributed by atoms with Gasteiger partial charge in [-0.3, -0.25) is 4.79 Å². The van der Waals surface area contributed by atoms with Crippen LogP contribution in [0.2, 0.25) is 0 Å². The van der Waals surface area contributed by atoms with Gasteiger partial charge in [-0.05, 0) is 37.5 Å². The Hall–Kier alpha value is -3.21. The third kappa shape index (κ3) is 4.25. The Bertz CT molecular complexity index is 917. The van der Waals surface area contributed by atoms with Crippen LogP contribution in [0.3, 0.4) is 0 Å². The van der Waals surface area contributed by atoms with Crippen LogP contribution in [0, 0.1) is 20.8 Å². The van der Waals surface area contributed by atoms with E-state index in [1.165, 1.54) is 11.9 Å². The van der Waals surface area contributed by atoms with E-state index < -0.39 is 0 Å². The Balaban J connectivity index is 1.71. The van der Waals surface area contributed by atoms with E-state index in [-0.39, 0.29) is 5.91 Å². The minimum absolute atomic E-state index is 0.224. The first kappa shape index (κ1) is 17.6. The van der Waals surface area contributed by atoms with E-state index >= 15 is 0 Å². The average molecular weight is 346 g/mol. The van der Waals surface area contributed by atoms with Crippen molar-refractivity contribution in [3.63, 3.8) is 0 Å². The normalized spacial score (nSPS) is 10.4. The van der Waals surface area contributed by atoms with Gasteiger partial charge in [0.05, 0.1) is 0 Å². The summed E-state index contributed by atoms with van der Waals surface area (Å²) in [7, 11) is 0. The van der Waals surface area contributed by atoms with Gasteiger partial charge >= 0.3 is 0 Å². The molecule has 0 spiro atoms. The predicted molar refractivity (Wildman–Crippen MR) is 104 cm³/mol. The third-order valence-corrected chi connectivity index (χ3v) is 4.17. The number of amides is 1. The number of aryl methyl sites for hydroxylation is 3. The van der Waals surface area contributed by atoms with Crippen molar-refractivity contribution in [2.24, 2.45) is 0 Å². The lowest BCUT2D eigenvalue weighted by atomic mass is 10.1. The van der Waals surface area contributed by atoms with Crippen LogP contribution in [0.5, 0.6) is 0 Å². The van der Waals surface area contributed by atoms with Crippen LogP contribution in [-0.2, 0) is 6.54 Å². The molecular formula is C21H22N4O. The highest BCUT2D eigenvalue weighted by atomic mass is 16.1. The lowest BCUT2D eigenvalue weighted by Gasteiger charge is -2.12. The molecule has 0 radical (unpaired) electrons. The van der Waals surface area contributed by atoms with Crippen molar-refractivity contribution in [2.45, 2.75) is 27.3 Å². The minimum Gasteiger partial charge on any atom is -0.347 e. The molecule has 0 aliphatic heterocycles. The number of nitrogens with zero attached hydrogens (tertiary/aromatic N) is 2. The number of hydrogen-bond acceptors (Lipinski definition) is 4. The van der Waals surface area contributed by atoms with Gasteiger partial charge in [0.1, 0.15) is 17.8 Å². The van der Waals surface area contributed by atoms with Gasteiger partial charge in [0.2, 0.25) is 0 Å². The Labute approximate surface area is 153 Å². The molecule has 26 heavy (non-hydrogen) atoms. The Kier molecular flexibility index (Phi) is 5.27. The van der Waals surface area contributed by atoms with Gasteiger partial charge in [0, 0.05) is 18.3 Å². The summed E-state index contributed by atoms with van der Waals surface area (Å²) < 4.78 is 0. The van der Waals surface area contributed by atoms with E-state index in [4.69, 9.17) is 0 Å². The highest BCUT2D eigenvalue weighted by Gasteiger charge is 2.10. The number of carbonyl (C=O) groups excluding carboxylic acids is 1. The first-order chi connectivity index (χ1) is 12.5. The fraction of sp³-hybridized carbons (Fsp3) is 0.190. The molecule has 2 aromatic carbocycles. The van der Waals surface area contributed by atoms with Crippen molar-refractivity contribution >= 4 is 17.4 Å². The fourth-order valence-electron chi connectivity index (χ4n) is 2.78. The minimum atomic E-state index is -0.224. The summed E-state index contributed by atoms with van der Waals surface area (Å²) in [4.78, 5) is 20.7. The quantitative estimate of drug-likeness (QED) is 0.731. The molecule has 0 fully saturated rings. The molecule has 0 atom stereocenters. The average Bonchev–Trinajstić information content (AvgIpc) is 2.63. The van der Waals surface area contributed by atoms with Crippen LogP contribution in [0.4, 0.5) is 11.5 Å². The largest absolute Gasteiger partial charge is 0.347 e. The van der Waals surface area contributed by atoms with E-state index in [9.17, 15) is 4.79 Å². The molecule has 5 nitrogen and oxygen atoms in total. The maximum absolute atomic E-state index is 12.4. The van der Waals surface area contributed by atoms with Crippen molar-refractivity contribution in [3.8, 4) is 0 Å². The Morgan fingerprint density at radius 1 is 0.962 bits per heavy atom. The van der Waals surface area contributed by atoms with Gasteiger partial charge in [-0.15, -0.1) is 0 Å². The van der Waals surface area contributed by atoms with Crippen molar-refractivity contribution in [3.05, 3.63) is 82.8 Å². The zero-order valence-corrected chi connectivity index (χ0v) is 15.2. The molecule has 0 saturated carbocycles. The summed E-state index contributed by atoms with van der Waals surface area (Å²) in [6.45, 7) is 6.56. The van der Waals surface area contributed by atoms with Gasteiger partial charge in [0.15, 0.2) is 0 Å². The molecule has 1 aromatic heterocycles. The second kappa shape index (κ2) is 7.78. The summed E-state index contributed by atoms with van der Waals surface area (Å²) >= 11 is 0. The highest BCUT2D eigenvalue weighted by molar-refractivity contribution is 5.93. The number of aromatic nitrogens is 2. The Morgan fingerprint density at radius 3 is 2.42 bits per heavy atom. The number of carbonyl (C=O) groups is 1. The molecule has 132 valence electrons. The molecule has 0 bridgehead atoms. The van der Waals surface area contributed by atoms with Crippen molar-refractivity contribution < 1.29 is 4.79 Å². The van der Waals surface area contributed by atoms with Crippen LogP contribution < -0.4 is 10.6 Å². The standard InChI is InChI=1S/C21H22N4O/c1-14-6-4-9-17(10-14)12-22-21(26)18-11-19(24-13-23-18)25-20-15(2)7-5-8-16(20)3/h4-11,13H,12H2,1-3H3,(H,22,26)(H,23,24,25). The molecule has 1 amide bonds. The summed E-state index contributed by atoms with van der Waals surface area (Å²) in [6, 6.07) is 15.8. The molecular weight excluding hydrogens is 324 g/mol. The van der Waals surface area contributed by atoms with Crippen molar-refractivity contribution in [1.29, 1.82) is 0 Å². The summed E-state index contributed by atoms with van der Waals surface area (Å²) in [5.41, 5.74) is 5.79. The van der Waals surface area contributed by atoms with Crippen molar-refractivity contribution in [1.82, 2.24) is 15.3 Å². The number of hydrogen-bond donors (Lipinski definition) is 2. The van der Waals surface area contributed by atoms with Gasteiger partial charge in [-0.2, -0.15) is 0 Å². The van der Waals surface area contributed by atoms with Crippen LogP contribution in [0.1, 0.15) is 32.7 Å². The molecule has 0 saturated heterocycles. The zero-order chi connectivity index (χ0) is 18.5. The maximum Gasteiger partial charge on any atom is 0.270 e. The number of para-hydroxylation sites is 1. The molecule has 1 heterocycles. The van der Waals surface area contributed by atoms with E-state index in [1.54, 1.807) is 6.07 Å². The summed E-state index contributed by atoms with van der Waals surface area (Å²) in [5.74, 6) is 0.372. The number of nitrogens with one attached hydrogen (secondary N) is 2. The SMILES string of the molecule is Cc1cccc(CNC(=O)c2cc(Nc3c(C)cccc3C)ncn2)c1. The lowest BCUT2D eigenvalue weighted by Crippen LogP contribution is -2.24. The third-order valence-electron chi connectivity index (χ3n) is 4.17. The van der Waals surface area contributed by atoms with Gasteiger partial charge in [-0.1, -0.05) is 48.0 Å². The topological polar surface area (TPSA) is 66.9 Å². The van der Waals surface area contributed by atoms with Gasteiger partial charge in [0.25, 0.3) is 5.91 Å². The smallest absolute Gasteiger partial charge is 0.270 e. The first-order valence-corrected chi connectivity index (χ1v) is 8.52. The van der Waals surface area contributed by atoms with E-state index in [1.807, 2.05) is 63.2 Å². The van der Waals surface area contributed by atoms with E-state index in [2.05, 4.69) is 20.6 Å². The van der Waals surface area contributed by atoms with Crippen LogP contribution in [-0.4, -0.2) is 15.9 Å². The number of anilines is 2. The molecule has 2 N–H and O–H groups in total. The van der Waals surface area contributed by atoms with E-state index in [0.29, 0.717) is 18.1 Å². The van der Waals surface area contributed by atoms with E-state index in [0.717, 1.165) is 22.4 Å². The van der Waals surface area contributed by atoms with Crippen LogP contribution in [0.25, 0.3) is 0 Å². The molecule has 3 rings (SSSR count). The first-order valence-electron chi connectivity index (χ1n) is 8.52. The second-order valence-corrected chi connectivity index (χ2v) is 6.35. The molecule has 0 aliphatic rings. The predicted octanol–water partition coefficient (Wildman–Crippen LogP) is 4.08. The summed E-state index contributed by atoms with van der Waals surface area (Å²) in [6.07, 6.45) is 1.40. The molecule has 0 aliphatic carbocycles. The van der Waals surface area contributed by atoms with Crippen LogP contribution >= 0.6 is 0 Å². The number of rotatable bonds is 5. The summed E-state index contributed by atoms with van der Waals surface area (Å²) in [5, 5.41) is 6.19. The maximum atomic E-state index is 12.4. The molecule has 0 unspecified atom stereocenters.